The van der Waals surface area contributed by atoms with Gasteiger partial charge in [-0.15, -0.1) is 0 Å². The monoisotopic (exact) mass is 318 g/mol. The highest BCUT2D eigenvalue weighted by Crippen LogP contribution is 2.33. The van der Waals surface area contributed by atoms with Crippen molar-refractivity contribution in [1.29, 1.82) is 0 Å². The van der Waals surface area contributed by atoms with Crippen LogP contribution in [0.3, 0.4) is 0 Å². The minimum atomic E-state index is 0.154. The maximum Gasteiger partial charge on any atom is 0.118 e. The average Bonchev–Trinajstić information content (AvgIpc) is 2.64. The van der Waals surface area contributed by atoms with Crippen molar-refractivity contribution < 1.29 is 4.74 Å². The van der Waals surface area contributed by atoms with E-state index in [1.807, 2.05) is 30.6 Å². The fourth-order valence-corrected chi connectivity index (χ4v) is 2.89. The molecule has 24 heavy (non-hydrogen) atoms. The number of benzene rings is 2. The zero-order valence-corrected chi connectivity index (χ0v) is 14.3. The Morgan fingerprint density at radius 2 is 1.46 bits per heavy atom. The first-order chi connectivity index (χ1) is 11.7. The summed E-state index contributed by atoms with van der Waals surface area (Å²) in [6, 6.07) is 21.1. The van der Waals surface area contributed by atoms with Crippen molar-refractivity contribution in [2.45, 2.75) is 5.92 Å². The molecule has 3 aromatic rings. The van der Waals surface area contributed by atoms with Crippen LogP contribution in [0.4, 0.5) is 5.69 Å². The van der Waals surface area contributed by atoms with Crippen molar-refractivity contribution in [3.8, 4) is 5.75 Å². The minimum absolute atomic E-state index is 0.154. The Morgan fingerprint density at radius 1 is 0.833 bits per heavy atom. The summed E-state index contributed by atoms with van der Waals surface area (Å²) in [6.45, 7) is 0. The number of aromatic nitrogens is 1. The number of methoxy groups -OCH3 is 1. The molecule has 0 radical (unpaired) electrons. The molecule has 0 bridgehead atoms. The van der Waals surface area contributed by atoms with Gasteiger partial charge in [0.05, 0.1) is 7.11 Å². The third kappa shape index (κ3) is 3.40. The molecule has 122 valence electrons. The molecule has 0 N–H and O–H groups in total. The molecular formula is C21H22N2O. The molecular weight excluding hydrogens is 296 g/mol. The van der Waals surface area contributed by atoms with E-state index in [0.29, 0.717) is 0 Å². The molecule has 0 aliphatic heterocycles. The van der Waals surface area contributed by atoms with Crippen molar-refractivity contribution in [3.05, 3.63) is 89.7 Å². The lowest BCUT2D eigenvalue weighted by atomic mass is 9.86. The number of hydrogen-bond acceptors (Lipinski definition) is 3. The first-order valence-corrected chi connectivity index (χ1v) is 8.00. The number of nitrogens with zero attached hydrogens (tertiary/aromatic N) is 2. The number of ether oxygens (including phenoxy) is 1. The molecule has 0 saturated carbocycles. The van der Waals surface area contributed by atoms with Crippen LogP contribution in [0.15, 0.2) is 73.1 Å². The summed E-state index contributed by atoms with van der Waals surface area (Å²) in [5.41, 5.74) is 4.85. The first-order valence-electron chi connectivity index (χ1n) is 8.00. The molecule has 2 aromatic carbocycles. The summed E-state index contributed by atoms with van der Waals surface area (Å²) < 4.78 is 5.28. The van der Waals surface area contributed by atoms with Crippen LogP contribution in [0.2, 0.25) is 0 Å². The van der Waals surface area contributed by atoms with Crippen LogP contribution in [0.25, 0.3) is 0 Å². The van der Waals surface area contributed by atoms with E-state index in [2.05, 4.69) is 66.4 Å². The fraction of sp³-hybridized carbons (Fsp3) is 0.190. The Kier molecular flexibility index (Phi) is 4.80. The number of anilines is 1. The average molecular weight is 318 g/mol. The van der Waals surface area contributed by atoms with Gasteiger partial charge in [0.1, 0.15) is 5.75 Å². The van der Waals surface area contributed by atoms with E-state index in [-0.39, 0.29) is 5.92 Å². The van der Waals surface area contributed by atoms with Crippen molar-refractivity contribution in [2.75, 3.05) is 26.1 Å². The molecule has 1 aromatic heterocycles. The van der Waals surface area contributed by atoms with Crippen molar-refractivity contribution in [1.82, 2.24) is 4.98 Å². The maximum atomic E-state index is 5.28. The number of pyridine rings is 1. The predicted molar refractivity (Wildman–Crippen MR) is 98.9 cm³/mol. The summed E-state index contributed by atoms with van der Waals surface area (Å²) in [4.78, 5) is 6.41. The zero-order chi connectivity index (χ0) is 16.9. The maximum absolute atomic E-state index is 5.28. The van der Waals surface area contributed by atoms with Gasteiger partial charge in [0.2, 0.25) is 0 Å². The minimum Gasteiger partial charge on any atom is -0.497 e. The largest absolute Gasteiger partial charge is 0.497 e. The Hall–Kier alpha value is -2.81. The van der Waals surface area contributed by atoms with Gasteiger partial charge in [-0.1, -0.05) is 30.3 Å². The first kappa shape index (κ1) is 16.1. The predicted octanol–water partition coefficient (Wildman–Crippen LogP) is 4.34. The van der Waals surface area contributed by atoms with E-state index in [4.69, 9.17) is 4.74 Å². The van der Waals surface area contributed by atoms with E-state index in [1.54, 1.807) is 7.11 Å². The second kappa shape index (κ2) is 7.18. The van der Waals surface area contributed by atoms with Gasteiger partial charge in [0.15, 0.2) is 0 Å². The number of hydrogen-bond donors (Lipinski definition) is 0. The molecule has 0 aliphatic rings. The zero-order valence-electron chi connectivity index (χ0n) is 14.3. The number of rotatable bonds is 5. The van der Waals surface area contributed by atoms with Crippen LogP contribution in [-0.2, 0) is 0 Å². The van der Waals surface area contributed by atoms with Crippen LogP contribution in [-0.4, -0.2) is 26.2 Å². The van der Waals surface area contributed by atoms with Crippen LogP contribution >= 0.6 is 0 Å². The molecule has 1 atom stereocenters. The summed E-state index contributed by atoms with van der Waals surface area (Å²) in [5, 5.41) is 0. The van der Waals surface area contributed by atoms with E-state index < -0.39 is 0 Å². The fourth-order valence-electron chi connectivity index (χ4n) is 2.89. The Labute approximate surface area is 143 Å². The van der Waals surface area contributed by atoms with Crippen LogP contribution in [0.5, 0.6) is 5.75 Å². The molecule has 0 fully saturated rings. The molecule has 0 saturated heterocycles. The third-order valence-electron chi connectivity index (χ3n) is 4.21. The summed E-state index contributed by atoms with van der Waals surface area (Å²) >= 11 is 0. The van der Waals surface area contributed by atoms with Crippen molar-refractivity contribution >= 4 is 5.69 Å². The smallest absolute Gasteiger partial charge is 0.118 e. The van der Waals surface area contributed by atoms with E-state index in [0.717, 1.165) is 5.75 Å². The Balaban J connectivity index is 2.04. The third-order valence-corrected chi connectivity index (χ3v) is 4.21. The molecule has 1 heterocycles. The lowest BCUT2D eigenvalue weighted by Gasteiger charge is -2.20. The van der Waals surface area contributed by atoms with Gasteiger partial charge in [-0.2, -0.15) is 0 Å². The van der Waals surface area contributed by atoms with Crippen molar-refractivity contribution in [3.63, 3.8) is 0 Å². The van der Waals surface area contributed by atoms with Crippen LogP contribution < -0.4 is 9.64 Å². The standard InChI is InChI=1S/C21H22N2O/c1-23(2)19-10-6-16(7-11-19)21(18-5-4-14-22-15-18)17-8-12-20(24-3)13-9-17/h4-15,21H,1-3H3. The van der Waals surface area contributed by atoms with Gasteiger partial charge in [0, 0.05) is 38.1 Å². The quantitative estimate of drug-likeness (QED) is 0.700. The van der Waals surface area contributed by atoms with Crippen LogP contribution in [0.1, 0.15) is 22.6 Å². The second-order valence-electron chi connectivity index (χ2n) is 5.98. The molecule has 0 amide bonds. The Morgan fingerprint density at radius 3 is 1.96 bits per heavy atom. The highest BCUT2D eigenvalue weighted by Gasteiger charge is 2.17. The van der Waals surface area contributed by atoms with Gasteiger partial charge >= 0.3 is 0 Å². The topological polar surface area (TPSA) is 25.4 Å². The highest BCUT2D eigenvalue weighted by atomic mass is 16.5. The Bertz CT molecular complexity index is 765. The van der Waals surface area contributed by atoms with Crippen LogP contribution in [0, 0.1) is 0 Å². The summed E-state index contributed by atoms with van der Waals surface area (Å²) in [5.74, 6) is 1.02. The molecule has 3 nitrogen and oxygen atoms in total. The van der Waals surface area contributed by atoms with E-state index >= 15 is 0 Å². The van der Waals surface area contributed by atoms with Crippen molar-refractivity contribution in [2.24, 2.45) is 0 Å². The van der Waals surface area contributed by atoms with E-state index in [9.17, 15) is 0 Å². The SMILES string of the molecule is COc1ccc(C(c2ccc(N(C)C)cc2)c2cccnc2)cc1. The van der Waals surface area contributed by atoms with Gasteiger partial charge in [-0.05, 0) is 47.0 Å². The lowest BCUT2D eigenvalue weighted by Crippen LogP contribution is -2.09. The summed E-state index contributed by atoms with van der Waals surface area (Å²) in [7, 11) is 5.79. The normalized spacial score (nSPS) is 11.8. The van der Waals surface area contributed by atoms with Gasteiger partial charge in [0.25, 0.3) is 0 Å². The van der Waals surface area contributed by atoms with Gasteiger partial charge in [-0.25, -0.2) is 0 Å². The lowest BCUT2D eigenvalue weighted by molar-refractivity contribution is 0.414. The van der Waals surface area contributed by atoms with Gasteiger partial charge < -0.3 is 9.64 Å². The second-order valence-corrected chi connectivity index (χ2v) is 5.98. The van der Waals surface area contributed by atoms with Gasteiger partial charge in [-0.3, -0.25) is 4.98 Å². The molecule has 3 heteroatoms. The molecule has 0 spiro atoms. The molecule has 1 unspecified atom stereocenters. The molecule has 3 rings (SSSR count). The molecule has 0 aliphatic carbocycles. The summed E-state index contributed by atoms with van der Waals surface area (Å²) in [6.07, 6.45) is 3.75. The highest BCUT2D eigenvalue weighted by molar-refractivity contribution is 5.50. The van der Waals surface area contributed by atoms with E-state index in [1.165, 1.54) is 22.4 Å².